The average Bonchev–Trinajstić information content (AvgIpc) is 2.17. The second-order valence-corrected chi connectivity index (χ2v) is 3.20. The molecule has 0 aromatic rings. The van der Waals surface area contributed by atoms with Gasteiger partial charge in [0.25, 0.3) is 0 Å². The number of hydrogen-bond acceptors (Lipinski definition) is 2. The Morgan fingerprint density at radius 2 is 1.93 bits per heavy atom. The van der Waals surface area contributed by atoms with Gasteiger partial charge in [-0.2, -0.15) is 0 Å². The molecule has 1 atom stereocenters. The summed E-state index contributed by atoms with van der Waals surface area (Å²) in [5.74, 6) is -1.00. The van der Waals surface area contributed by atoms with Crippen LogP contribution in [-0.2, 0) is 4.79 Å². The third-order valence-electron chi connectivity index (χ3n) is 2.13. The number of amides is 1. The molecule has 0 spiro atoms. The smallest absolute Gasteiger partial charge is 0.404 e. The van der Waals surface area contributed by atoms with Crippen molar-refractivity contribution in [2.45, 2.75) is 26.7 Å². The highest BCUT2D eigenvalue weighted by molar-refractivity contribution is 5.86. The van der Waals surface area contributed by atoms with Crippen LogP contribution in [0.4, 0.5) is 4.79 Å². The summed E-state index contributed by atoms with van der Waals surface area (Å²) < 4.78 is 0. The molecule has 15 heavy (non-hydrogen) atoms. The van der Waals surface area contributed by atoms with Crippen LogP contribution in [0.2, 0.25) is 0 Å². The number of nitrogens with one attached hydrogen (secondary N) is 1. The van der Waals surface area contributed by atoms with Gasteiger partial charge < -0.3 is 15.5 Å². The van der Waals surface area contributed by atoms with Gasteiger partial charge in [0.2, 0.25) is 0 Å². The van der Waals surface area contributed by atoms with Gasteiger partial charge in [-0.05, 0) is 18.8 Å². The van der Waals surface area contributed by atoms with Gasteiger partial charge in [0, 0.05) is 12.1 Å². The van der Waals surface area contributed by atoms with E-state index in [4.69, 9.17) is 10.2 Å². The summed E-state index contributed by atoms with van der Waals surface area (Å²) in [6.45, 7) is 3.90. The summed E-state index contributed by atoms with van der Waals surface area (Å²) in [5.41, 5.74) is 0.328. The summed E-state index contributed by atoms with van der Waals surface area (Å²) >= 11 is 0. The maximum atomic E-state index is 10.7. The molecule has 0 radical (unpaired) electrons. The second-order valence-electron chi connectivity index (χ2n) is 3.20. The first-order valence-electron chi connectivity index (χ1n) is 4.92. The molecule has 1 amide bonds. The highest BCUT2D eigenvalue weighted by Gasteiger charge is 2.10. The molecule has 3 N–H and O–H groups in total. The molecule has 0 aliphatic rings. The summed E-state index contributed by atoms with van der Waals surface area (Å²) in [6.07, 6.45) is 1.68. The molecule has 5 heteroatoms. The molecule has 5 nitrogen and oxygen atoms in total. The van der Waals surface area contributed by atoms with Crippen molar-refractivity contribution in [1.29, 1.82) is 0 Å². The first-order valence-corrected chi connectivity index (χ1v) is 4.92. The Balaban J connectivity index is 4.39. The highest BCUT2D eigenvalue weighted by Crippen LogP contribution is 2.10. The van der Waals surface area contributed by atoms with E-state index in [-0.39, 0.29) is 12.5 Å². The van der Waals surface area contributed by atoms with Crippen molar-refractivity contribution in [3.63, 3.8) is 0 Å². The lowest BCUT2D eigenvalue weighted by Crippen LogP contribution is -2.27. The van der Waals surface area contributed by atoms with Crippen molar-refractivity contribution in [3.8, 4) is 0 Å². The lowest BCUT2D eigenvalue weighted by Gasteiger charge is -2.11. The van der Waals surface area contributed by atoms with Gasteiger partial charge >= 0.3 is 12.1 Å². The Labute approximate surface area is 88.8 Å². The summed E-state index contributed by atoms with van der Waals surface area (Å²) in [7, 11) is 0. The SMILES string of the molecule is CCC(=CC(CC)CNC(=O)O)C(=O)O. The molecule has 0 saturated heterocycles. The van der Waals surface area contributed by atoms with Crippen molar-refractivity contribution < 1.29 is 19.8 Å². The molecule has 0 saturated carbocycles. The standard InChI is InChI=1S/C10H17NO4/c1-3-7(6-11-10(14)15)5-8(4-2)9(12)13/h5,7,11H,3-4,6H2,1-2H3,(H,12,13)(H,14,15). The van der Waals surface area contributed by atoms with Gasteiger partial charge in [-0.15, -0.1) is 0 Å². The Morgan fingerprint density at radius 3 is 2.27 bits per heavy atom. The molecule has 0 bridgehead atoms. The Bertz CT molecular complexity index is 260. The normalized spacial score (nSPS) is 13.3. The highest BCUT2D eigenvalue weighted by atomic mass is 16.4. The van der Waals surface area contributed by atoms with Crippen molar-refractivity contribution in [1.82, 2.24) is 5.32 Å². The fourth-order valence-corrected chi connectivity index (χ4v) is 1.16. The van der Waals surface area contributed by atoms with Gasteiger partial charge in [0.15, 0.2) is 0 Å². The van der Waals surface area contributed by atoms with E-state index in [9.17, 15) is 9.59 Å². The number of carboxylic acid groups (broad SMARTS) is 2. The predicted molar refractivity (Wildman–Crippen MR) is 55.8 cm³/mol. The van der Waals surface area contributed by atoms with Crippen LogP contribution in [0.15, 0.2) is 11.6 Å². The second kappa shape index (κ2) is 6.86. The lowest BCUT2D eigenvalue weighted by atomic mass is 10.0. The van der Waals surface area contributed by atoms with Crippen molar-refractivity contribution in [2.24, 2.45) is 5.92 Å². The molecule has 0 rings (SSSR count). The van der Waals surface area contributed by atoms with Crippen LogP contribution in [-0.4, -0.2) is 28.8 Å². The van der Waals surface area contributed by atoms with Crippen LogP contribution in [0.3, 0.4) is 0 Å². The summed E-state index contributed by atoms with van der Waals surface area (Å²) in [4.78, 5) is 21.0. The van der Waals surface area contributed by atoms with Gasteiger partial charge in [0.05, 0.1) is 0 Å². The van der Waals surface area contributed by atoms with E-state index in [2.05, 4.69) is 5.32 Å². The fraction of sp³-hybridized carbons (Fsp3) is 0.600. The lowest BCUT2D eigenvalue weighted by molar-refractivity contribution is -0.132. The maximum absolute atomic E-state index is 10.7. The topological polar surface area (TPSA) is 86.6 Å². The molecule has 1 unspecified atom stereocenters. The Hall–Kier alpha value is -1.52. The maximum Gasteiger partial charge on any atom is 0.404 e. The first kappa shape index (κ1) is 13.5. The quantitative estimate of drug-likeness (QED) is 0.588. The third-order valence-corrected chi connectivity index (χ3v) is 2.13. The third kappa shape index (κ3) is 5.72. The number of rotatable bonds is 6. The molecule has 0 heterocycles. The van der Waals surface area contributed by atoms with Crippen LogP contribution in [0, 0.1) is 5.92 Å². The van der Waals surface area contributed by atoms with Crippen LogP contribution >= 0.6 is 0 Å². The van der Waals surface area contributed by atoms with Crippen LogP contribution < -0.4 is 5.32 Å². The molecule has 86 valence electrons. The number of hydrogen-bond donors (Lipinski definition) is 3. The van der Waals surface area contributed by atoms with Crippen molar-refractivity contribution >= 4 is 12.1 Å². The van der Waals surface area contributed by atoms with Gasteiger partial charge in [-0.1, -0.05) is 19.9 Å². The van der Waals surface area contributed by atoms with E-state index in [1.165, 1.54) is 0 Å². The van der Waals surface area contributed by atoms with Crippen LogP contribution in [0.25, 0.3) is 0 Å². The first-order chi connectivity index (χ1) is 7.01. The number of carbonyl (C=O) groups is 2. The van der Waals surface area contributed by atoms with Crippen molar-refractivity contribution in [2.75, 3.05) is 6.54 Å². The van der Waals surface area contributed by atoms with Gasteiger partial charge in [0.1, 0.15) is 0 Å². The number of carboxylic acids is 1. The minimum atomic E-state index is -1.09. The van der Waals surface area contributed by atoms with Crippen molar-refractivity contribution in [3.05, 3.63) is 11.6 Å². The largest absolute Gasteiger partial charge is 0.478 e. The van der Waals surface area contributed by atoms with Gasteiger partial charge in [-0.3, -0.25) is 0 Å². The molecular weight excluding hydrogens is 198 g/mol. The van der Waals surface area contributed by atoms with Gasteiger partial charge in [-0.25, -0.2) is 9.59 Å². The van der Waals surface area contributed by atoms with Crippen LogP contribution in [0.1, 0.15) is 26.7 Å². The van der Waals surface area contributed by atoms with E-state index in [1.54, 1.807) is 13.0 Å². The molecule has 0 aliphatic carbocycles. The zero-order chi connectivity index (χ0) is 11.8. The zero-order valence-electron chi connectivity index (χ0n) is 8.99. The molecule has 0 fully saturated rings. The Morgan fingerprint density at radius 1 is 1.33 bits per heavy atom. The summed E-state index contributed by atoms with van der Waals surface area (Å²) in [5, 5.41) is 19.4. The number of aliphatic carboxylic acids is 1. The fourth-order valence-electron chi connectivity index (χ4n) is 1.16. The summed E-state index contributed by atoms with van der Waals surface area (Å²) in [6, 6.07) is 0. The van der Waals surface area contributed by atoms with E-state index in [0.717, 1.165) is 0 Å². The zero-order valence-corrected chi connectivity index (χ0v) is 8.99. The van der Waals surface area contributed by atoms with E-state index in [1.807, 2.05) is 6.92 Å². The predicted octanol–water partition coefficient (Wildman–Crippen LogP) is 1.70. The molecule has 0 aliphatic heterocycles. The van der Waals surface area contributed by atoms with E-state index < -0.39 is 12.1 Å². The minimum absolute atomic E-state index is 0.0628. The monoisotopic (exact) mass is 215 g/mol. The molecule has 0 aromatic carbocycles. The Kier molecular flexibility index (Phi) is 6.17. The van der Waals surface area contributed by atoms with E-state index in [0.29, 0.717) is 18.4 Å². The molecular formula is C10H17NO4. The molecule has 0 aromatic heterocycles. The minimum Gasteiger partial charge on any atom is -0.478 e. The average molecular weight is 215 g/mol. The van der Waals surface area contributed by atoms with Crippen LogP contribution in [0.5, 0.6) is 0 Å². The van der Waals surface area contributed by atoms with E-state index >= 15 is 0 Å².